The summed E-state index contributed by atoms with van der Waals surface area (Å²) in [5.74, 6) is 0.226. The van der Waals surface area contributed by atoms with Gasteiger partial charge in [0.05, 0.1) is 29.9 Å². The Kier molecular flexibility index (Phi) is 6.24. The number of nitrogens with zero attached hydrogens (tertiary/aromatic N) is 1. The maximum atomic E-state index is 12.1. The summed E-state index contributed by atoms with van der Waals surface area (Å²) >= 11 is 6.05. The number of benzene rings is 2. The highest BCUT2D eigenvalue weighted by Gasteiger charge is 2.17. The molecular formula is C17H17ClN2O6. The summed E-state index contributed by atoms with van der Waals surface area (Å²) in [6.45, 7) is 1.31. The van der Waals surface area contributed by atoms with Gasteiger partial charge < -0.3 is 19.5 Å². The van der Waals surface area contributed by atoms with Gasteiger partial charge in [0.1, 0.15) is 11.5 Å². The average molecular weight is 381 g/mol. The summed E-state index contributed by atoms with van der Waals surface area (Å²) < 4.78 is 15.6. The van der Waals surface area contributed by atoms with Crippen molar-refractivity contribution < 1.29 is 23.9 Å². The Hall–Kier alpha value is -3.00. The number of anilines is 1. The molecule has 0 saturated heterocycles. The van der Waals surface area contributed by atoms with Gasteiger partial charge in [-0.3, -0.25) is 14.9 Å². The monoisotopic (exact) mass is 380 g/mol. The highest BCUT2D eigenvalue weighted by Crippen LogP contribution is 2.36. The maximum absolute atomic E-state index is 12.1. The summed E-state index contributed by atoms with van der Waals surface area (Å²) in [4.78, 5) is 22.6. The van der Waals surface area contributed by atoms with Crippen LogP contribution in [0.5, 0.6) is 17.2 Å². The van der Waals surface area contributed by atoms with Crippen LogP contribution in [0.25, 0.3) is 0 Å². The normalized spacial score (nSPS) is 10.2. The van der Waals surface area contributed by atoms with Crippen LogP contribution in [0, 0.1) is 17.0 Å². The van der Waals surface area contributed by atoms with Gasteiger partial charge >= 0.3 is 5.69 Å². The topological polar surface area (TPSA) is 99.9 Å². The summed E-state index contributed by atoms with van der Waals surface area (Å²) in [5.41, 5.74) is 0.833. The zero-order chi connectivity index (χ0) is 19.3. The second-order valence-corrected chi connectivity index (χ2v) is 5.66. The molecule has 26 heavy (non-hydrogen) atoms. The van der Waals surface area contributed by atoms with E-state index in [-0.39, 0.29) is 11.4 Å². The Morgan fingerprint density at radius 3 is 2.46 bits per heavy atom. The van der Waals surface area contributed by atoms with Crippen LogP contribution in [0.1, 0.15) is 5.56 Å². The van der Waals surface area contributed by atoms with Crippen molar-refractivity contribution in [3.63, 3.8) is 0 Å². The minimum absolute atomic E-state index is 0.00970. The molecule has 1 N–H and O–H groups in total. The lowest BCUT2D eigenvalue weighted by Gasteiger charge is -2.13. The van der Waals surface area contributed by atoms with Crippen molar-refractivity contribution in [2.75, 3.05) is 26.1 Å². The van der Waals surface area contributed by atoms with E-state index in [1.807, 2.05) is 0 Å². The van der Waals surface area contributed by atoms with E-state index in [9.17, 15) is 14.9 Å². The Bertz CT molecular complexity index is 840. The number of rotatable bonds is 7. The van der Waals surface area contributed by atoms with Crippen LogP contribution in [0.2, 0.25) is 5.02 Å². The first-order valence-corrected chi connectivity index (χ1v) is 7.82. The number of nitrogens with one attached hydrogen (secondary N) is 1. The number of aryl methyl sites for hydroxylation is 1. The van der Waals surface area contributed by atoms with Crippen LogP contribution in [-0.2, 0) is 4.79 Å². The predicted octanol–water partition coefficient (Wildman–Crippen LogP) is 3.59. The summed E-state index contributed by atoms with van der Waals surface area (Å²) in [6.07, 6.45) is 0. The number of ether oxygens (including phenoxy) is 3. The Labute approximate surface area is 154 Å². The van der Waals surface area contributed by atoms with E-state index in [0.29, 0.717) is 27.8 Å². The van der Waals surface area contributed by atoms with Gasteiger partial charge in [0.15, 0.2) is 12.4 Å². The lowest BCUT2D eigenvalue weighted by molar-refractivity contribution is -0.385. The van der Waals surface area contributed by atoms with Crippen molar-refractivity contribution in [3.05, 3.63) is 51.0 Å². The number of nitro groups is 1. The van der Waals surface area contributed by atoms with Crippen LogP contribution in [0.3, 0.4) is 0 Å². The van der Waals surface area contributed by atoms with E-state index in [1.165, 1.54) is 38.5 Å². The fourth-order valence-corrected chi connectivity index (χ4v) is 2.42. The minimum Gasteiger partial charge on any atom is -0.495 e. The van der Waals surface area contributed by atoms with E-state index >= 15 is 0 Å². The molecule has 2 aromatic rings. The highest BCUT2D eigenvalue weighted by atomic mass is 35.5. The van der Waals surface area contributed by atoms with Crippen molar-refractivity contribution in [2.45, 2.75) is 6.92 Å². The Morgan fingerprint density at radius 2 is 1.85 bits per heavy atom. The van der Waals surface area contributed by atoms with E-state index < -0.39 is 17.4 Å². The maximum Gasteiger partial charge on any atom is 0.311 e. The summed E-state index contributed by atoms with van der Waals surface area (Å²) in [6, 6.07) is 7.49. The first kappa shape index (κ1) is 19.3. The smallest absolute Gasteiger partial charge is 0.311 e. The van der Waals surface area contributed by atoms with Crippen LogP contribution < -0.4 is 19.5 Å². The lowest BCUT2D eigenvalue weighted by Crippen LogP contribution is -2.20. The first-order chi connectivity index (χ1) is 12.3. The number of hydrogen-bond donors (Lipinski definition) is 1. The molecule has 8 nitrogen and oxygen atoms in total. The van der Waals surface area contributed by atoms with Gasteiger partial charge in [0, 0.05) is 12.1 Å². The molecule has 0 spiro atoms. The predicted molar refractivity (Wildman–Crippen MR) is 96.5 cm³/mol. The molecule has 2 aromatic carbocycles. The SMILES string of the molecule is COc1cc(OC)c(NC(=O)COc2ccc(C)cc2[N+](=O)[O-])cc1Cl. The molecule has 9 heteroatoms. The second kappa shape index (κ2) is 8.39. The van der Waals surface area contributed by atoms with Crippen LogP contribution in [0.4, 0.5) is 11.4 Å². The largest absolute Gasteiger partial charge is 0.495 e. The third-order valence-corrected chi connectivity index (χ3v) is 3.71. The molecule has 0 saturated carbocycles. The standard InChI is InChI=1S/C17H17ClN2O6/c1-10-4-5-14(13(6-10)20(22)23)26-9-17(21)19-12-7-11(18)15(24-2)8-16(12)25-3/h4-8H,9H2,1-3H3,(H,19,21). The van der Waals surface area contributed by atoms with E-state index in [1.54, 1.807) is 13.0 Å². The molecule has 0 radical (unpaired) electrons. The zero-order valence-electron chi connectivity index (χ0n) is 14.4. The molecule has 0 fully saturated rings. The molecule has 2 rings (SSSR count). The number of carbonyl (C=O) groups excluding carboxylic acids is 1. The van der Waals surface area contributed by atoms with Crippen molar-refractivity contribution in [2.24, 2.45) is 0 Å². The Morgan fingerprint density at radius 1 is 1.15 bits per heavy atom. The lowest BCUT2D eigenvalue weighted by atomic mass is 10.2. The van der Waals surface area contributed by atoms with Crippen LogP contribution >= 0.6 is 11.6 Å². The number of nitro benzene ring substituents is 1. The molecule has 0 heterocycles. The van der Waals surface area contributed by atoms with Crippen molar-refractivity contribution in [1.29, 1.82) is 0 Å². The number of carbonyl (C=O) groups is 1. The van der Waals surface area contributed by atoms with Gasteiger partial charge in [0.2, 0.25) is 0 Å². The highest BCUT2D eigenvalue weighted by molar-refractivity contribution is 6.32. The van der Waals surface area contributed by atoms with Gasteiger partial charge in [-0.25, -0.2) is 0 Å². The molecule has 0 atom stereocenters. The second-order valence-electron chi connectivity index (χ2n) is 5.25. The molecule has 0 aliphatic carbocycles. The fourth-order valence-electron chi connectivity index (χ4n) is 2.18. The van der Waals surface area contributed by atoms with E-state index in [2.05, 4.69) is 5.32 Å². The van der Waals surface area contributed by atoms with Crippen molar-refractivity contribution in [1.82, 2.24) is 0 Å². The summed E-state index contributed by atoms with van der Waals surface area (Å²) in [7, 11) is 2.89. The first-order valence-electron chi connectivity index (χ1n) is 7.45. The number of amides is 1. The molecule has 1 amide bonds. The molecular weight excluding hydrogens is 364 g/mol. The van der Waals surface area contributed by atoms with Crippen molar-refractivity contribution >= 4 is 28.9 Å². The van der Waals surface area contributed by atoms with Gasteiger partial charge in [0.25, 0.3) is 5.91 Å². The van der Waals surface area contributed by atoms with E-state index in [0.717, 1.165) is 0 Å². The third kappa shape index (κ3) is 4.54. The van der Waals surface area contributed by atoms with Crippen LogP contribution in [-0.4, -0.2) is 31.7 Å². The Balaban J connectivity index is 2.11. The molecule has 0 aromatic heterocycles. The van der Waals surface area contributed by atoms with Gasteiger partial charge in [-0.05, 0) is 24.6 Å². The van der Waals surface area contributed by atoms with Crippen molar-refractivity contribution in [3.8, 4) is 17.2 Å². The quantitative estimate of drug-likeness (QED) is 0.582. The molecule has 0 aliphatic heterocycles. The molecule has 0 unspecified atom stereocenters. The fraction of sp³-hybridized carbons (Fsp3) is 0.235. The average Bonchev–Trinajstić information content (AvgIpc) is 2.60. The third-order valence-electron chi connectivity index (χ3n) is 3.42. The van der Waals surface area contributed by atoms with Gasteiger partial charge in [-0.15, -0.1) is 0 Å². The molecule has 138 valence electrons. The number of halogens is 1. The van der Waals surface area contributed by atoms with Gasteiger partial charge in [-0.1, -0.05) is 17.7 Å². The minimum atomic E-state index is -0.563. The molecule has 0 bridgehead atoms. The van der Waals surface area contributed by atoms with E-state index in [4.69, 9.17) is 25.8 Å². The van der Waals surface area contributed by atoms with Crippen LogP contribution in [0.15, 0.2) is 30.3 Å². The molecule has 0 aliphatic rings. The zero-order valence-corrected chi connectivity index (χ0v) is 15.1. The number of hydrogen-bond acceptors (Lipinski definition) is 6. The van der Waals surface area contributed by atoms with Gasteiger partial charge in [-0.2, -0.15) is 0 Å². The number of methoxy groups -OCH3 is 2. The summed E-state index contributed by atoms with van der Waals surface area (Å²) in [5, 5.41) is 13.9.